The van der Waals surface area contributed by atoms with Crippen LogP contribution in [-0.4, -0.2) is 47.2 Å². The molecule has 0 saturated heterocycles. The van der Waals surface area contributed by atoms with Crippen molar-refractivity contribution >= 4 is 5.91 Å². The van der Waals surface area contributed by atoms with Crippen LogP contribution >= 0.6 is 0 Å². The van der Waals surface area contributed by atoms with Crippen LogP contribution in [0.25, 0.3) is 0 Å². The molecule has 6 nitrogen and oxygen atoms in total. The van der Waals surface area contributed by atoms with Gasteiger partial charge in [-0.25, -0.2) is 0 Å². The molecule has 100 valence electrons. The molecule has 0 aromatic carbocycles. The number of aliphatic hydroxyl groups excluding tert-OH is 1. The molecule has 18 heavy (non-hydrogen) atoms. The van der Waals surface area contributed by atoms with Crippen LogP contribution in [0.1, 0.15) is 12.8 Å². The van der Waals surface area contributed by atoms with Crippen LogP contribution in [0.2, 0.25) is 0 Å². The van der Waals surface area contributed by atoms with Gasteiger partial charge >= 0.3 is 0 Å². The normalized spacial score (nSPS) is 18.3. The standard InChI is InChI=1S/C12H19N3O3/c1-18-8-10(7-16)14-11(17)12(3-4-12)9-15-6-2-5-13-15/h2,5-6,10,16H,3-4,7-9H2,1H3,(H,14,17). The Balaban J connectivity index is 1.91. The summed E-state index contributed by atoms with van der Waals surface area (Å²) in [7, 11) is 1.55. The number of hydrogen-bond acceptors (Lipinski definition) is 4. The fraction of sp³-hybridized carbons (Fsp3) is 0.667. The third-order valence-corrected chi connectivity index (χ3v) is 3.28. The summed E-state index contributed by atoms with van der Waals surface area (Å²) in [6, 6.07) is 1.51. The van der Waals surface area contributed by atoms with E-state index in [9.17, 15) is 4.79 Å². The maximum Gasteiger partial charge on any atom is 0.228 e. The second-order valence-corrected chi connectivity index (χ2v) is 4.79. The van der Waals surface area contributed by atoms with E-state index in [1.165, 1.54) is 0 Å². The van der Waals surface area contributed by atoms with Crippen molar-refractivity contribution in [2.45, 2.75) is 25.4 Å². The number of nitrogens with zero attached hydrogens (tertiary/aromatic N) is 2. The largest absolute Gasteiger partial charge is 0.394 e. The van der Waals surface area contributed by atoms with Crippen molar-refractivity contribution in [2.24, 2.45) is 5.41 Å². The fourth-order valence-electron chi connectivity index (χ4n) is 1.99. The first-order valence-electron chi connectivity index (χ1n) is 6.08. The van der Waals surface area contributed by atoms with Crippen molar-refractivity contribution < 1.29 is 14.6 Å². The lowest BCUT2D eigenvalue weighted by Crippen LogP contribution is -2.45. The Hall–Kier alpha value is -1.40. The van der Waals surface area contributed by atoms with Gasteiger partial charge in [0, 0.05) is 19.5 Å². The maximum absolute atomic E-state index is 12.2. The van der Waals surface area contributed by atoms with E-state index in [4.69, 9.17) is 9.84 Å². The minimum atomic E-state index is -0.354. The zero-order valence-electron chi connectivity index (χ0n) is 10.5. The van der Waals surface area contributed by atoms with Gasteiger partial charge in [-0.3, -0.25) is 9.48 Å². The number of nitrogens with one attached hydrogen (secondary N) is 1. The number of aliphatic hydroxyl groups is 1. The molecule has 2 rings (SSSR count). The van der Waals surface area contributed by atoms with Crippen molar-refractivity contribution in [3.8, 4) is 0 Å². The first-order chi connectivity index (χ1) is 8.70. The van der Waals surface area contributed by atoms with Crippen molar-refractivity contribution in [2.75, 3.05) is 20.3 Å². The number of hydrogen-bond donors (Lipinski definition) is 2. The van der Waals surface area contributed by atoms with Crippen LogP contribution in [0.15, 0.2) is 18.5 Å². The average Bonchev–Trinajstić information content (AvgIpc) is 2.96. The highest BCUT2D eigenvalue weighted by Gasteiger charge is 2.50. The molecule has 1 saturated carbocycles. The number of rotatable bonds is 7. The van der Waals surface area contributed by atoms with Crippen molar-refractivity contribution in [3.05, 3.63) is 18.5 Å². The van der Waals surface area contributed by atoms with Gasteiger partial charge in [0.15, 0.2) is 0 Å². The Kier molecular flexibility index (Phi) is 3.98. The molecule has 1 heterocycles. The summed E-state index contributed by atoms with van der Waals surface area (Å²) in [6.07, 6.45) is 5.29. The second kappa shape index (κ2) is 5.49. The number of methoxy groups -OCH3 is 1. The van der Waals surface area contributed by atoms with Crippen molar-refractivity contribution in [1.82, 2.24) is 15.1 Å². The molecule has 1 aliphatic carbocycles. The molecule has 1 aliphatic rings. The molecular formula is C12H19N3O3. The lowest BCUT2D eigenvalue weighted by atomic mass is 10.1. The van der Waals surface area contributed by atoms with Crippen LogP contribution < -0.4 is 5.32 Å². The summed E-state index contributed by atoms with van der Waals surface area (Å²) in [6.45, 7) is 0.800. The highest BCUT2D eigenvalue weighted by atomic mass is 16.5. The first-order valence-corrected chi connectivity index (χ1v) is 6.08. The number of carbonyl (C=O) groups is 1. The Labute approximate surface area is 106 Å². The molecule has 1 atom stereocenters. The molecule has 1 aromatic rings. The molecule has 2 N–H and O–H groups in total. The Morgan fingerprint density at radius 1 is 1.67 bits per heavy atom. The topological polar surface area (TPSA) is 76.4 Å². The minimum absolute atomic E-state index is 0.0194. The average molecular weight is 253 g/mol. The highest BCUT2D eigenvalue weighted by Crippen LogP contribution is 2.47. The van der Waals surface area contributed by atoms with Crippen LogP contribution in [0.3, 0.4) is 0 Å². The number of ether oxygens (including phenoxy) is 1. The predicted octanol–water partition coefficient (Wildman–Crippen LogP) is -0.213. The molecule has 6 heteroatoms. The first kappa shape index (κ1) is 13.0. The van der Waals surface area contributed by atoms with E-state index in [2.05, 4.69) is 10.4 Å². The molecule has 0 radical (unpaired) electrons. The van der Waals surface area contributed by atoms with E-state index in [0.29, 0.717) is 13.2 Å². The molecule has 0 aliphatic heterocycles. The van der Waals surface area contributed by atoms with E-state index < -0.39 is 0 Å². The maximum atomic E-state index is 12.2. The lowest BCUT2D eigenvalue weighted by molar-refractivity contribution is -0.128. The lowest BCUT2D eigenvalue weighted by Gasteiger charge is -2.20. The zero-order valence-corrected chi connectivity index (χ0v) is 10.5. The van der Waals surface area contributed by atoms with Gasteiger partial charge in [-0.1, -0.05) is 0 Å². The predicted molar refractivity (Wildman–Crippen MR) is 64.8 cm³/mol. The SMILES string of the molecule is COCC(CO)NC(=O)C1(Cn2cccn2)CC1. The van der Waals surface area contributed by atoms with Crippen LogP contribution in [-0.2, 0) is 16.1 Å². The van der Waals surface area contributed by atoms with Gasteiger partial charge in [-0.15, -0.1) is 0 Å². The third kappa shape index (κ3) is 2.88. The van der Waals surface area contributed by atoms with Gasteiger partial charge in [0.2, 0.25) is 5.91 Å². The molecule has 1 unspecified atom stereocenters. The molecule has 1 aromatic heterocycles. The summed E-state index contributed by atoms with van der Waals surface area (Å²) in [4.78, 5) is 12.2. The Bertz CT molecular complexity index is 387. The van der Waals surface area contributed by atoms with E-state index in [-0.39, 0.29) is 24.0 Å². The molecule has 0 bridgehead atoms. The van der Waals surface area contributed by atoms with Gasteiger partial charge in [-0.2, -0.15) is 5.10 Å². The zero-order chi connectivity index (χ0) is 13.0. The Morgan fingerprint density at radius 3 is 2.94 bits per heavy atom. The van der Waals surface area contributed by atoms with E-state index >= 15 is 0 Å². The van der Waals surface area contributed by atoms with E-state index in [0.717, 1.165) is 12.8 Å². The monoisotopic (exact) mass is 253 g/mol. The van der Waals surface area contributed by atoms with Crippen LogP contribution in [0.5, 0.6) is 0 Å². The summed E-state index contributed by atoms with van der Waals surface area (Å²) < 4.78 is 6.72. The van der Waals surface area contributed by atoms with E-state index in [1.54, 1.807) is 18.0 Å². The van der Waals surface area contributed by atoms with Gasteiger partial charge in [0.25, 0.3) is 0 Å². The summed E-state index contributed by atoms with van der Waals surface area (Å²) >= 11 is 0. The van der Waals surface area contributed by atoms with Gasteiger partial charge in [0.1, 0.15) is 0 Å². The van der Waals surface area contributed by atoms with Gasteiger partial charge < -0.3 is 15.2 Å². The van der Waals surface area contributed by atoms with Crippen molar-refractivity contribution in [3.63, 3.8) is 0 Å². The molecule has 0 spiro atoms. The second-order valence-electron chi connectivity index (χ2n) is 4.79. The van der Waals surface area contributed by atoms with E-state index in [1.807, 2.05) is 12.3 Å². The number of amides is 1. The van der Waals surface area contributed by atoms with Crippen LogP contribution in [0.4, 0.5) is 0 Å². The molecular weight excluding hydrogens is 234 g/mol. The molecule has 1 fully saturated rings. The van der Waals surface area contributed by atoms with Gasteiger partial charge in [0.05, 0.1) is 31.2 Å². The number of aromatic nitrogens is 2. The minimum Gasteiger partial charge on any atom is -0.394 e. The summed E-state index contributed by atoms with van der Waals surface area (Å²) in [5, 5.41) is 16.1. The molecule has 1 amide bonds. The number of carbonyl (C=O) groups excluding carboxylic acids is 1. The van der Waals surface area contributed by atoms with Crippen LogP contribution in [0, 0.1) is 5.41 Å². The summed E-state index contributed by atoms with van der Waals surface area (Å²) in [5.41, 5.74) is -0.354. The smallest absolute Gasteiger partial charge is 0.228 e. The Morgan fingerprint density at radius 2 is 2.44 bits per heavy atom. The van der Waals surface area contributed by atoms with Gasteiger partial charge in [-0.05, 0) is 18.9 Å². The van der Waals surface area contributed by atoms with Crippen molar-refractivity contribution in [1.29, 1.82) is 0 Å². The highest BCUT2D eigenvalue weighted by molar-refractivity contribution is 5.85. The quantitative estimate of drug-likeness (QED) is 0.705. The fourth-order valence-corrected chi connectivity index (χ4v) is 1.99. The summed E-state index contributed by atoms with van der Waals surface area (Å²) in [5.74, 6) is -0.0194. The third-order valence-electron chi connectivity index (χ3n) is 3.28.